The molecule has 0 spiro atoms. The Bertz CT molecular complexity index is 560. The van der Waals surface area contributed by atoms with E-state index in [0.29, 0.717) is 5.56 Å². The van der Waals surface area contributed by atoms with Gasteiger partial charge < -0.3 is 0 Å². The van der Waals surface area contributed by atoms with E-state index < -0.39 is 0 Å². The second kappa shape index (κ2) is 3.91. The molecule has 0 unspecified atom stereocenters. The monoisotopic (exact) mass is 195 g/mol. The quantitative estimate of drug-likeness (QED) is 0.643. The lowest BCUT2D eigenvalue weighted by Crippen LogP contribution is -1.95. The van der Waals surface area contributed by atoms with Gasteiger partial charge >= 0.3 is 0 Å². The van der Waals surface area contributed by atoms with E-state index in [9.17, 15) is 4.79 Å². The molecule has 0 bridgehead atoms. The maximum absolute atomic E-state index is 11.6. The molecule has 15 heavy (non-hydrogen) atoms. The van der Waals surface area contributed by atoms with E-state index in [1.165, 1.54) is 0 Å². The first-order valence-corrected chi connectivity index (χ1v) is 4.58. The van der Waals surface area contributed by atoms with Crippen LogP contribution in [0.3, 0.4) is 0 Å². The number of benzene rings is 2. The van der Waals surface area contributed by atoms with Crippen LogP contribution in [0, 0.1) is 0 Å². The van der Waals surface area contributed by atoms with Gasteiger partial charge in [-0.25, -0.2) is 0 Å². The summed E-state index contributed by atoms with van der Waals surface area (Å²) in [5.74, 6) is 1.95. The van der Waals surface area contributed by atoms with E-state index in [-0.39, 0.29) is 5.91 Å². The first-order chi connectivity index (χ1) is 7.33. The van der Waals surface area contributed by atoms with Crippen LogP contribution in [0.5, 0.6) is 0 Å². The Balaban J connectivity index is 2.71. The van der Waals surface area contributed by atoms with Crippen LogP contribution < -0.4 is 0 Å². The van der Waals surface area contributed by atoms with Crippen molar-refractivity contribution in [3.05, 3.63) is 54.6 Å². The smallest absolute Gasteiger partial charge is 0.266 e. The van der Waals surface area contributed by atoms with Crippen molar-refractivity contribution >= 4 is 22.5 Å². The van der Waals surface area contributed by atoms with Gasteiger partial charge in [-0.1, -0.05) is 36.4 Å². The predicted octanol–water partition coefficient (Wildman–Crippen LogP) is 2.84. The molecule has 0 saturated heterocycles. The van der Waals surface area contributed by atoms with Crippen LogP contribution in [0.2, 0.25) is 0 Å². The number of nitrogens with zero attached hydrogens (tertiary/aromatic N) is 1. The lowest BCUT2D eigenvalue weighted by atomic mass is 10.0. The van der Waals surface area contributed by atoms with Gasteiger partial charge in [-0.2, -0.15) is 4.99 Å². The highest BCUT2D eigenvalue weighted by molar-refractivity contribution is 6.08. The molecule has 1 amide bonds. The summed E-state index contributed by atoms with van der Waals surface area (Å²) in [6, 6.07) is 13.3. The first-order valence-electron chi connectivity index (χ1n) is 4.58. The Kier molecular flexibility index (Phi) is 2.44. The van der Waals surface area contributed by atoms with Crippen LogP contribution in [0.15, 0.2) is 54.0 Å². The molecule has 0 radical (unpaired) electrons. The number of hydrogen-bond donors (Lipinski definition) is 0. The summed E-state index contributed by atoms with van der Waals surface area (Å²) in [6.07, 6.45) is 0. The van der Waals surface area contributed by atoms with Gasteiger partial charge in [0.2, 0.25) is 0 Å². The van der Waals surface area contributed by atoms with E-state index in [2.05, 4.69) is 17.4 Å². The van der Waals surface area contributed by atoms with Crippen LogP contribution in [0.1, 0.15) is 10.4 Å². The van der Waals surface area contributed by atoms with E-state index in [1.54, 1.807) is 6.07 Å². The molecule has 0 heterocycles. The zero-order valence-corrected chi connectivity index (χ0v) is 8.10. The Morgan fingerprint density at radius 2 is 1.87 bits per heavy atom. The number of aliphatic imine (C=N–C) groups is 1. The van der Waals surface area contributed by atoms with Crippen molar-refractivity contribution in [2.75, 3.05) is 0 Å². The Morgan fingerprint density at radius 1 is 1.13 bits per heavy atom. The van der Waals surface area contributed by atoms with Crippen LogP contribution in [-0.2, 0) is 0 Å². The maximum Gasteiger partial charge on any atom is 0.285 e. The molecule has 2 rings (SSSR count). The van der Waals surface area contributed by atoms with E-state index in [4.69, 9.17) is 0 Å². The van der Waals surface area contributed by atoms with Gasteiger partial charge in [-0.3, -0.25) is 4.79 Å². The molecule has 2 nitrogen and oxygen atoms in total. The molecule has 0 aliphatic carbocycles. The standard InChI is InChI=1S/C13H9NO/c1-2-14-13(15)12-9-5-7-10-6-3-4-8-11(10)12/h3-9H,1H2. The summed E-state index contributed by atoms with van der Waals surface area (Å²) >= 11 is 0. The van der Waals surface area contributed by atoms with E-state index >= 15 is 0 Å². The number of fused-ring (bicyclic) bond motifs is 1. The topological polar surface area (TPSA) is 29.4 Å². The fourth-order valence-electron chi connectivity index (χ4n) is 1.54. The highest BCUT2D eigenvalue weighted by Crippen LogP contribution is 2.18. The Hall–Kier alpha value is -2.18. The van der Waals surface area contributed by atoms with Gasteiger partial charge in [0.1, 0.15) is 0 Å². The van der Waals surface area contributed by atoms with Crippen LogP contribution in [0.25, 0.3) is 10.8 Å². The number of hydrogen-bond acceptors (Lipinski definition) is 1. The minimum absolute atomic E-state index is 0.304. The number of carbonyl (C=O) groups is 1. The maximum atomic E-state index is 11.6. The van der Waals surface area contributed by atoms with Crippen LogP contribution >= 0.6 is 0 Å². The summed E-state index contributed by atoms with van der Waals surface area (Å²) < 4.78 is 0. The SMILES string of the molecule is C=C=NC(=O)c1cccc2ccccc12. The van der Waals surface area contributed by atoms with Gasteiger partial charge in [0.15, 0.2) is 0 Å². The van der Waals surface area contributed by atoms with Gasteiger partial charge in [0.25, 0.3) is 5.91 Å². The zero-order chi connectivity index (χ0) is 10.7. The van der Waals surface area contributed by atoms with Gasteiger partial charge in [0, 0.05) is 0 Å². The van der Waals surface area contributed by atoms with Crippen LogP contribution in [0.4, 0.5) is 0 Å². The highest BCUT2D eigenvalue weighted by atomic mass is 16.1. The molecular weight excluding hydrogens is 186 g/mol. The van der Waals surface area contributed by atoms with Crippen LogP contribution in [-0.4, -0.2) is 11.8 Å². The summed E-state index contributed by atoms with van der Waals surface area (Å²) in [5.41, 5.74) is 0.587. The summed E-state index contributed by atoms with van der Waals surface area (Å²) in [6.45, 7) is 3.29. The molecule has 0 N–H and O–H groups in total. The van der Waals surface area contributed by atoms with Crippen molar-refractivity contribution in [3.63, 3.8) is 0 Å². The van der Waals surface area contributed by atoms with Crippen molar-refractivity contribution < 1.29 is 4.79 Å². The lowest BCUT2D eigenvalue weighted by Gasteiger charge is -2.01. The zero-order valence-electron chi connectivity index (χ0n) is 8.10. The molecule has 2 aromatic rings. The minimum Gasteiger partial charge on any atom is -0.266 e. The van der Waals surface area contributed by atoms with E-state index in [1.807, 2.05) is 36.4 Å². The fraction of sp³-hybridized carbons (Fsp3) is 0. The summed E-state index contributed by atoms with van der Waals surface area (Å²) in [5, 5.41) is 1.94. The lowest BCUT2D eigenvalue weighted by molar-refractivity contribution is 0.101. The third kappa shape index (κ3) is 1.71. The average Bonchev–Trinajstić information content (AvgIpc) is 2.28. The number of rotatable bonds is 1. The average molecular weight is 195 g/mol. The largest absolute Gasteiger partial charge is 0.285 e. The molecule has 2 aromatic carbocycles. The first kappa shape index (κ1) is 9.38. The molecule has 0 aromatic heterocycles. The van der Waals surface area contributed by atoms with Gasteiger partial charge in [-0.05, 0) is 29.3 Å². The molecule has 0 fully saturated rings. The van der Waals surface area contributed by atoms with Crippen molar-refractivity contribution in [1.29, 1.82) is 0 Å². The third-order valence-electron chi connectivity index (χ3n) is 2.20. The molecule has 0 aliphatic rings. The summed E-state index contributed by atoms with van der Waals surface area (Å²) in [4.78, 5) is 15.1. The molecule has 0 saturated carbocycles. The Labute approximate surface area is 87.6 Å². The van der Waals surface area contributed by atoms with Gasteiger partial charge in [-0.15, -0.1) is 0 Å². The fourth-order valence-corrected chi connectivity index (χ4v) is 1.54. The molecule has 0 atom stereocenters. The predicted molar refractivity (Wildman–Crippen MR) is 61.3 cm³/mol. The second-order valence-electron chi connectivity index (χ2n) is 3.10. The number of amides is 1. The van der Waals surface area contributed by atoms with Crippen molar-refractivity contribution in [1.82, 2.24) is 0 Å². The molecule has 2 heteroatoms. The van der Waals surface area contributed by atoms with Gasteiger partial charge in [0.05, 0.1) is 5.56 Å². The number of carbonyl (C=O) groups excluding carboxylic acids is 1. The van der Waals surface area contributed by atoms with Crippen molar-refractivity contribution in [3.8, 4) is 0 Å². The van der Waals surface area contributed by atoms with Crippen molar-refractivity contribution in [2.45, 2.75) is 0 Å². The third-order valence-corrected chi connectivity index (χ3v) is 2.20. The van der Waals surface area contributed by atoms with Crippen molar-refractivity contribution in [2.24, 2.45) is 4.99 Å². The van der Waals surface area contributed by atoms with E-state index in [0.717, 1.165) is 10.8 Å². The Morgan fingerprint density at radius 3 is 2.67 bits per heavy atom. The molecular formula is C13H9NO. The molecule has 72 valence electrons. The summed E-state index contributed by atoms with van der Waals surface area (Å²) in [7, 11) is 0. The molecule has 0 aliphatic heterocycles. The minimum atomic E-state index is -0.304. The normalized spacial score (nSPS) is 9.60. The highest BCUT2D eigenvalue weighted by Gasteiger charge is 2.06. The second-order valence-corrected chi connectivity index (χ2v) is 3.10.